The smallest absolute Gasteiger partial charge is 0.222 e. The lowest BCUT2D eigenvalue weighted by atomic mass is 10.0. The highest BCUT2D eigenvalue weighted by molar-refractivity contribution is 7.88. The normalized spacial score (nSPS) is 18.6. The van der Waals surface area contributed by atoms with Gasteiger partial charge in [0.1, 0.15) is 0 Å². The number of aromatic nitrogens is 1. The third kappa shape index (κ3) is 5.87. The molecule has 1 aliphatic rings. The molecule has 1 amide bonds. The summed E-state index contributed by atoms with van der Waals surface area (Å²) in [5.41, 5.74) is 2.05. The van der Waals surface area contributed by atoms with E-state index in [4.69, 9.17) is 0 Å². The van der Waals surface area contributed by atoms with Crippen molar-refractivity contribution in [1.82, 2.24) is 14.2 Å². The molecule has 0 bridgehead atoms. The summed E-state index contributed by atoms with van der Waals surface area (Å²) in [6, 6.07) is 15.7. The number of benzene rings is 1. The van der Waals surface area contributed by atoms with Gasteiger partial charge in [-0.2, -0.15) is 0 Å². The van der Waals surface area contributed by atoms with Crippen LogP contribution in [0.2, 0.25) is 0 Å². The number of amides is 1. The Kier molecular flexibility index (Phi) is 6.80. The molecular formula is C21H27N3O3S. The Labute approximate surface area is 167 Å². The summed E-state index contributed by atoms with van der Waals surface area (Å²) >= 11 is 0. The van der Waals surface area contributed by atoms with Gasteiger partial charge in [-0.1, -0.05) is 36.4 Å². The Morgan fingerprint density at radius 3 is 2.50 bits per heavy atom. The van der Waals surface area contributed by atoms with Gasteiger partial charge in [-0.05, 0) is 36.5 Å². The maximum atomic E-state index is 12.8. The number of carbonyl (C=O) groups excluding carboxylic acids is 1. The average molecular weight is 402 g/mol. The molecule has 2 aromatic rings. The van der Waals surface area contributed by atoms with Gasteiger partial charge in [-0.3, -0.25) is 9.78 Å². The second-order valence-electron chi connectivity index (χ2n) is 7.34. The van der Waals surface area contributed by atoms with E-state index in [-0.39, 0.29) is 11.8 Å². The topological polar surface area (TPSA) is 70.6 Å². The third-order valence-corrected chi connectivity index (χ3v) is 6.35. The van der Waals surface area contributed by atoms with Crippen molar-refractivity contribution >= 4 is 15.9 Å². The zero-order chi connectivity index (χ0) is 20.0. The first-order chi connectivity index (χ1) is 13.4. The Hall–Kier alpha value is -2.25. The van der Waals surface area contributed by atoms with Crippen molar-refractivity contribution < 1.29 is 13.2 Å². The van der Waals surface area contributed by atoms with Crippen molar-refractivity contribution in [2.75, 3.05) is 32.4 Å². The average Bonchev–Trinajstić information content (AvgIpc) is 2.90. The van der Waals surface area contributed by atoms with Gasteiger partial charge in [0.25, 0.3) is 0 Å². The van der Waals surface area contributed by atoms with Crippen LogP contribution in [-0.4, -0.2) is 60.9 Å². The zero-order valence-corrected chi connectivity index (χ0v) is 17.0. The van der Waals surface area contributed by atoms with Crippen molar-refractivity contribution in [1.29, 1.82) is 0 Å². The van der Waals surface area contributed by atoms with Crippen LogP contribution in [0.5, 0.6) is 0 Å². The molecule has 1 aromatic carbocycles. The second-order valence-corrected chi connectivity index (χ2v) is 9.32. The van der Waals surface area contributed by atoms with Crippen molar-refractivity contribution in [3.63, 3.8) is 0 Å². The minimum Gasteiger partial charge on any atom is -0.341 e. The van der Waals surface area contributed by atoms with E-state index in [2.05, 4.69) is 4.98 Å². The van der Waals surface area contributed by atoms with Gasteiger partial charge in [0.2, 0.25) is 15.9 Å². The van der Waals surface area contributed by atoms with Gasteiger partial charge in [0.05, 0.1) is 6.26 Å². The maximum Gasteiger partial charge on any atom is 0.222 e. The molecule has 1 fully saturated rings. The van der Waals surface area contributed by atoms with Crippen LogP contribution in [0.3, 0.4) is 0 Å². The molecule has 1 aliphatic heterocycles. The number of pyridine rings is 1. The summed E-state index contributed by atoms with van der Waals surface area (Å²) in [7, 11) is -3.30. The van der Waals surface area contributed by atoms with Gasteiger partial charge in [-0.25, -0.2) is 12.7 Å². The molecule has 0 saturated carbocycles. The van der Waals surface area contributed by atoms with E-state index in [0.717, 1.165) is 11.3 Å². The van der Waals surface area contributed by atoms with Crippen molar-refractivity contribution in [2.24, 2.45) is 5.92 Å². The van der Waals surface area contributed by atoms with Crippen LogP contribution in [0.25, 0.3) is 0 Å². The Morgan fingerprint density at radius 1 is 1.07 bits per heavy atom. The molecule has 0 N–H and O–H groups in total. The van der Waals surface area contributed by atoms with E-state index < -0.39 is 10.0 Å². The van der Waals surface area contributed by atoms with E-state index >= 15 is 0 Å². The molecule has 1 aromatic heterocycles. The molecule has 0 spiro atoms. The summed E-state index contributed by atoms with van der Waals surface area (Å²) in [5, 5.41) is 0. The molecule has 1 saturated heterocycles. The lowest BCUT2D eigenvalue weighted by Crippen LogP contribution is -2.37. The highest BCUT2D eigenvalue weighted by Gasteiger charge is 2.29. The van der Waals surface area contributed by atoms with Gasteiger partial charge in [-0.15, -0.1) is 0 Å². The van der Waals surface area contributed by atoms with Crippen LogP contribution in [0.1, 0.15) is 17.7 Å². The predicted octanol–water partition coefficient (Wildman–Crippen LogP) is 1.98. The fraction of sp³-hybridized carbons (Fsp3) is 0.429. The predicted molar refractivity (Wildman–Crippen MR) is 109 cm³/mol. The highest BCUT2D eigenvalue weighted by atomic mass is 32.2. The molecule has 0 aliphatic carbocycles. The van der Waals surface area contributed by atoms with Crippen LogP contribution in [-0.2, 0) is 27.7 Å². The fourth-order valence-electron chi connectivity index (χ4n) is 3.60. The highest BCUT2D eigenvalue weighted by Crippen LogP contribution is 2.18. The Balaban J connectivity index is 1.69. The Morgan fingerprint density at radius 2 is 1.82 bits per heavy atom. The minimum atomic E-state index is -3.30. The molecule has 2 heterocycles. The first-order valence-corrected chi connectivity index (χ1v) is 11.4. The molecule has 150 valence electrons. The summed E-state index contributed by atoms with van der Waals surface area (Å²) in [5.74, 6) is 0.0954. The van der Waals surface area contributed by atoms with Gasteiger partial charge < -0.3 is 4.90 Å². The first kappa shape index (κ1) is 20.5. The fourth-order valence-corrected chi connectivity index (χ4v) is 4.49. The van der Waals surface area contributed by atoms with Crippen LogP contribution in [0, 0.1) is 5.92 Å². The van der Waals surface area contributed by atoms with Crippen molar-refractivity contribution in [2.45, 2.75) is 19.3 Å². The maximum absolute atomic E-state index is 12.8. The molecule has 1 atom stereocenters. The molecule has 0 unspecified atom stereocenters. The monoisotopic (exact) mass is 401 g/mol. The second kappa shape index (κ2) is 9.30. The minimum absolute atomic E-state index is 0.0211. The summed E-state index contributed by atoms with van der Waals surface area (Å²) in [6.07, 6.45) is 4.74. The molecule has 0 radical (unpaired) electrons. The summed E-state index contributed by atoms with van der Waals surface area (Å²) < 4.78 is 25.8. The number of hydrogen-bond donors (Lipinski definition) is 0. The number of hydrogen-bond acceptors (Lipinski definition) is 4. The van der Waals surface area contributed by atoms with Crippen LogP contribution >= 0.6 is 0 Å². The van der Waals surface area contributed by atoms with Crippen molar-refractivity contribution in [3.8, 4) is 0 Å². The first-order valence-electron chi connectivity index (χ1n) is 9.58. The molecule has 28 heavy (non-hydrogen) atoms. The van der Waals surface area contributed by atoms with Crippen molar-refractivity contribution in [3.05, 3.63) is 66.0 Å². The molecule has 3 rings (SSSR count). The summed E-state index contributed by atoms with van der Waals surface area (Å²) in [4.78, 5) is 19.0. The van der Waals surface area contributed by atoms with E-state index in [1.54, 1.807) is 6.20 Å². The lowest BCUT2D eigenvalue weighted by Gasteiger charge is -2.24. The molecular weight excluding hydrogens is 374 g/mol. The zero-order valence-electron chi connectivity index (χ0n) is 16.2. The largest absolute Gasteiger partial charge is 0.341 e. The number of aryl methyl sites for hydroxylation is 1. The van der Waals surface area contributed by atoms with E-state index in [0.29, 0.717) is 45.4 Å². The van der Waals surface area contributed by atoms with Gasteiger partial charge >= 0.3 is 0 Å². The quantitative estimate of drug-likeness (QED) is 0.742. The number of nitrogens with zero attached hydrogens (tertiary/aromatic N) is 3. The van der Waals surface area contributed by atoms with E-state index in [1.807, 2.05) is 53.4 Å². The van der Waals surface area contributed by atoms with Crippen LogP contribution in [0.15, 0.2) is 54.7 Å². The van der Waals surface area contributed by atoms with Gasteiger partial charge in [0.15, 0.2) is 0 Å². The van der Waals surface area contributed by atoms with Gasteiger partial charge in [0, 0.05) is 44.5 Å². The Bertz CT molecular complexity index is 872. The van der Waals surface area contributed by atoms with E-state index in [9.17, 15) is 13.2 Å². The lowest BCUT2D eigenvalue weighted by molar-refractivity contribution is -0.131. The van der Waals surface area contributed by atoms with Crippen LogP contribution in [0.4, 0.5) is 0 Å². The standard InChI is InChI=1S/C21H27N3O3S/c1-28(26,27)24-14-13-23(21(25)11-10-18-7-3-2-4-8-18)16-19(17-24)15-20-9-5-6-12-22-20/h2-9,12,19H,10-11,13-17H2,1H3/t19-/m0/s1. The molecule has 7 heteroatoms. The third-order valence-electron chi connectivity index (χ3n) is 5.08. The number of sulfonamides is 1. The summed E-state index contributed by atoms with van der Waals surface area (Å²) in [6.45, 7) is 1.74. The number of carbonyl (C=O) groups is 1. The SMILES string of the molecule is CS(=O)(=O)N1CCN(C(=O)CCc2ccccc2)C[C@H](Cc2ccccn2)C1. The molecule has 6 nitrogen and oxygen atoms in total. The van der Waals surface area contributed by atoms with E-state index in [1.165, 1.54) is 10.6 Å². The number of rotatable bonds is 6. The van der Waals surface area contributed by atoms with Crippen LogP contribution < -0.4 is 0 Å².